The van der Waals surface area contributed by atoms with E-state index in [1.807, 2.05) is 18.7 Å². The van der Waals surface area contributed by atoms with Crippen molar-refractivity contribution in [1.82, 2.24) is 4.90 Å². The van der Waals surface area contributed by atoms with E-state index in [0.717, 1.165) is 32.4 Å². The van der Waals surface area contributed by atoms with Crippen LogP contribution in [-0.2, 0) is 4.79 Å². The first-order chi connectivity index (χ1) is 7.49. The fourth-order valence-electron chi connectivity index (χ4n) is 2.08. The standard InChI is InChI=1S/C13H26N2O/c1-13(2,14)9-8-12(16)15-10-6-4-3-5-7-11-15/h3-11,14H2,1-2H3. The second-order valence-corrected chi connectivity index (χ2v) is 5.64. The summed E-state index contributed by atoms with van der Waals surface area (Å²) >= 11 is 0. The molecule has 0 saturated carbocycles. The maximum Gasteiger partial charge on any atom is 0.222 e. The van der Waals surface area contributed by atoms with Gasteiger partial charge in [0.15, 0.2) is 0 Å². The summed E-state index contributed by atoms with van der Waals surface area (Å²) in [5.74, 6) is 0.292. The number of hydrogen-bond acceptors (Lipinski definition) is 2. The molecule has 16 heavy (non-hydrogen) atoms. The molecular weight excluding hydrogens is 200 g/mol. The Labute approximate surface area is 99.4 Å². The summed E-state index contributed by atoms with van der Waals surface area (Å²) < 4.78 is 0. The Hall–Kier alpha value is -0.570. The van der Waals surface area contributed by atoms with E-state index in [1.165, 1.54) is 19.3 Å². The van der Waals surface area contributed by atoms with Gasteiger partial charge in [0.1, 0.15) is 0 Å². The summed E-state index contributed by atoms with van der Waals surface area (Å²) in [6.07, 6.45) is 7.58. The van der Waals surface area contributed by atoms with Crippen LogP contribution in [0.2, 0.25) is 0 Å². The third-order valence-electron chi connectivity index (χ3n) is 3.19. The van der Waals surface area contributed by atoms with E-state index < -0.39 is 0 Å². The van der Waals surface area contributed by atoms with E-state index in [9.17, 15) is 4.79 Å². The van der Waals surface area contributed by atoms with Crippen LogP contribution in [0.4, 0.5) is 0 Å². The molecule has 1 rings (SSSR count). The number of nitrogens with zero attached hydrogens (tertiary/aromatic N) is 1. The fourth-order valence-corrected chi connectivity index (χ4v) is 2.08. The smallest absolute Gasteiger partial charge is 0.222 e. The normalized spacial score (nSPS) is 19.1. The van der Waals surface area contributed by atoms with E-state index >= 15 is 0 Å². The van der Waals surface area contributed by atoms with Crippen LogP contribution in [0.3, 0.4) is 0 Å². The summed E-state index contributed by atoms with van der Waals surface area (Å²) in [4.78, 5) is 14.0. The monoisotopic (exact) mass is 226 g/mol. The minimum atomic E-state index is -0.224. The van der Waals surface area contributed by atoms with Gasteiger partial charge >= 0.3 is 0 Å². The van der Waals surface area contributed by atoms with Crippen LogP contribution in [0.1, 0.15) is 58.8 Å². The van der Waals surface area contributed by atoms with Crippen molar-refractivity contribution in [2.45, 2.75) is 64.3 Å². The molecule has 2 N–H and O–H groups in total. The number of carbonyl (C=O) groups is 1. The van der Waals surface area contributed by atoms with Gasteiger partial charge in [-0.25, -0.2) is 0 Å². The Morgan fingerprint density at radius 3 is 2.12 bits per heavy atom. The van der Waals surface area contributed by atoms with E-state index in [0.29, 0.717) is 12.3 Å². The minimum absolute atomic E-state index is 0.224. The molecule has 1 fully saturated rings. The second kappa shape index (κ2) is 6.24. The van der Waals surface area contributed by atoms with Crippen LogP contribution < -0.4 is 5.73 Å². The van der Waals surface area contributed by atoms with E-state index in [4.69, 9.17) is 5.73 Å². The molecule has 3 nitrogen and oxygen atoms in total. The molecule has 3 heteroatoms. The van der Waals surface area contributed by atoms with Crippen LogP contribution in [-0.4, -0.2) is 29.4 Å². The van der Waals surface area contributed by atoms with Crippen LogP contribution in [0.5, 0.6) is 0 Å². The predicted molar refractivity (Wildman–Crippen MR) is 67.2 cm³/mol. The molecule has 1 aliphatic heterocycles. The number of rotatable bonds is 3. The molecule has 0 bridgehead atoms. The summed E-state index contributed by atoms with van der Waals surface area (Å²) in [5.41, 5.74) is 5.67. The Kier molecular flexibility index (Phi) is 5.26. The molecule has 0 aromatic rings. The predicted octanol–water partition coefficient (Wildman–Crippen LogP) is 2.30. The average Bonchev–Trinajstić information content (AvgIpc) is 2.12. The number of amides is 1. The summed E-state index contributed by atoms with van der Waals surface area (Å²) in [6, 6.07) is 0. The van der Waals surface area contributed by atoms with E-state index in [2.05, 4.69) is 0 Å². The molecule has 1 amide bonds. The Bertz CT molecular complexity index is 212. The lowest BCUT2D eigenvalue weighted by Gasteiger charge is -2.26. The minimum Gasteiger partial charge on any atom is -0.343 e. The van der Waals surface area contributed by atoms with E-state index in [-0.39, 0.29) is 5.54 Å². The van der Waals surface area contributed by atoms with Gasteiger partial charge in [-0.15, -0.1) is 0 Å². The maximum absolute atomic E-state index is 12.0. The van der Waals surface area contributed by atoms with Crippen molar-refractivity contribution < 1.29 is 4.79 Å². The van der Waals surface area contributed by atoms with Gasteiger partial charge in [0.05, 0.1) is 0 Å². The van der Waals surface area contributed by atoms with Crippen molar-refractivity contribution in [3.05, 3.63) is 0 Å². The SMILES string of the molecule is CC(C)(N)CCC(=O)N1CCCCCCC1. The zero-order valence-electron chi connectivity index (χ0n) is 10.8. The highest BCUT2D eigenvalue weighted by atomic mass is 16.2. The van der Waals surface area contributed by atoms with Crippen LogP contribution in [0.15, 0.2) is 0 Å². The molecular formula is C13H26N2O. The van der Waals surface area contributed by atoms with E-state index in [1.54, 1.807) is 0 Å². The highest BCUT2D eigenvalue weighted by Crippen LogP contribution is 2.14. The first kappa shape index (κ1) is 13.5. The first-order valence-corrected chi connectivity index (χ1v) is 6.56. The van der Waals surface area contributed by atoms with Gasteiger partial charge < -0.3 is 10.6 Å². The third-order valence-corrected chi connectivity index (χ3v) is 3.19. The van der Waals surface area contributed by atoms with Crippen molar-refractivity contribution in [1.29, 1.82) is 0 Å². The lowest BCUT2D eigenvalue weighted by molar-refractivity contribution is -0.131. The largest absolute Gasteiger partial charge is 0.343 e. The van der Waals surface area contributed by atoms with Gasteiger partial charge in [-0.05, 0) is 33.1 Å². The lowest BCUT2D eigenvalue weighted by Crippen LogP contribution is -2.37. The quantitative estimate of drug-likeness (QED) is 0.802. The number of likely N-dealkylation sites (tertiary alicyclic amines) is 1. The molecule has 0 unspecified atom stereocenters. The molecule has 0 aromatic heterocycles. The van der Waals surface area contributed by atoms with Crippen molar-refractivity contribution in [2.75, 3.05) is 13.1 Å². The summed E-state index contributed by atoms with van der Waals surface area (Å²) in [7, 11) is 0. The van der Waals surface area contributed by atoms with Gasteiger partial charge in [-0.3, -0.25) is 4.79 Å². The summed E-state index contributed by atoms with van der Waals surface area (Å²) in [5, 5.41) is 0. The molecule has 1 heterocycles. The van der Waals surface area contributed by atoms with Crippen LogP contribution >= 0.6 is 0 Å². The fraction of sp³-hybridized carbons (Fsp3) is 0.923. The highest BCUT2D eigenvalue weighted by Gasteiger charge is 2.18. The van der Waals surface area contributed by atoms with Crippen LogP contribution in [0.25, 0.3) is 0 Å². The summed E-state index contributed by atoms with van der Waals surface area (Å²) in [6.45, 7) is 5.86. The maximum atomic E-state index is 12.0. The van der Waals surface area contributed by atoms with Crippen molar-refractivity contribution in [3.63, 3.8) is 0 Å². The molecule has 0 aromatic carbocycles. The van der Waals surface area contributed by atoms with Crippen molar-refractivity contribution in [3.8, 4) is 0 Å². The molecule has 1 aliphatic rings. The number of carbonyl (C=O) groups excluding carboxylic acids is 1. The Balaban J connectivity index is 2.33. The first-order valence-electron chi connectivity index (χ1n) is 6.56. The van der Waals surface area contributed by atoms with Gasteiger partial charge in [-0.2, -0.15) is 0 Å². The zero-order valence-corrected chi connectivity index (χ0v) is 10.8. The topological polar surface area (TPSA) is 46.3 Å². The second-order valence-electron chi connectivity index (χ2n) is 5.64. The number of nitrogens with two attached hydrogens (primary N) is 1. The van der Waals surface area contributed by atoms with Gasteiger partial charge in [0.2, 0.25) is 5.91 Å². The zero-order chi connectivity index (χ0) is 12.0. The molecule has 0 atom stereocenters. The Morgan fingerprint density at radius 1 is 1.12 bits per heavy atom. The highest BCUT2D eigenvalue weighted by molar-refractivity contribution is 5.76. The molecule has 94 valence electrons. The third kappa shape index (κ3) is 5.50. The van der Waals surface area contributed by atoms with Gasteiger partial charge in [0, 0.05) is 25.0 Å². The molecule has 1 saturated heterocycles. The van der Waals surface area contributed by atoms with Crippen molar-refractivity contribution >= 4 is 5.91 Å². The average molecular weight is 226 g/mol. The van der Waals surface area contributed by atoms with Crippen LogP contribution in [0, 0.1) is 0 Å². The Morgan fingerprint density at radius 2 is 1.62 bits per heavy atom. The molecule has 0 aliphatic carbocycles. The van der Waals surface area contributed by atoms with Gasteiger partial charge in [0.25, 0.3) is 0 Å². The van der Waals surface area contributed by atoms with Gasteiger partial charge in [-0.1, -0.05) is 19.3 Å². The lowest BCUT2D eigenvalue weighted by atomic mass is 9.99. The molecule has 0 radical (unpaired) electrons. The molecule has 0 spiro atoms. The number of hydrogen-bond donors (Lipinski definition) is 1. The van der Waals surface area contributed by atoms with Crippen molar-refractivity contribution in [2.24, 2.45) is 5.73 Å².